The van der Waals surface area contributed by atoms with Gasteiger partial charge in [-0.2, -0.15) is 0 Å². The Balaban J connectivity index is 1.65. The fourth-order valence-corrected chi connectivity index (χ4v) is 4.29. The van der Waals surface area contributed by atoms with Crippen LogP contribution in [0.1, 0.15) is 45.7 Å². The highest BCUT2D eigenvalue weighted by Gasteiger charge is 2.50. The summed E-state index contributed by atoms with van der Waals surface area (Å²) in [6.45, 7) is 9.20. The predicted molar refractivity (Wildman–Crippen MR) is 92.2 cm³/mol. The number of hydrogen-bond acceptors (Lipinski definition) is 4. The Bertz CT molecular complexity index is 602. The van der Waals surface area contributed by atoms with Crippen molar-refractivity contribution in [3.8, 4) is 0 Å². The Kier molecular flexibility index (Phi) is 4.47. The van der Waals surface area contributed by atoms with E-state index in [0.29, 0.717) is 0 Å². The maximum atomic E-state index is 12.1. The van der Waals surface area contributed by atoms with Gasteiger partial charge in [-0.05, 0) is 51.6 Å². The van der Waals surface area contributed by atoms with Crippen LogP contribution in [0.25, 0.3) is 0 Å². The van der Waals surface area contributed by atoms with Gasteiger partial charge in [0.25, 0.3) is 0 Å². The molecule has 0 saturated carbocycles. The number of aliphatic hydroxyl groups excluding tert-OH is 1. The molecule has 6 nitrogen and oxygen atoms in total. The average Bonchev–Trinajstić information content (AvgIpc) is 2.91. The predicted octanol–water partition coefficient (Wildman–Crippen LogP) is 1.39. The van der Waals surface area contributed by atoms with Crippen LogP contribution in [-0.2, 0) is 18.4 Å². The van der Waals surface area contributed by atoms with Crippen LogP contribution < -0.4 is 0 Å². The molecule has 6 heteroatoms. The zero-order valence-electron chi connectivity index (χ0n) is 15.3. The molecule has 1 aromatic heterocycles. The maximum absolute atomic E-state index is 12.1. The lowest BCUT2D eigenvalue weighted by atomic mass is 9.67. The van der Waals surface area contributed by atoms with Crippen molar-refractivity contribution in [1.82, 2.24) is 19.4 Å². The lowest BCUT2D eigenvalue weighted by Crippen LogP contribution is -2.64. The van der Waals surface area contributed by atoms with Gasteiger partial charge in [-0.1, -0.05) is 0 Å². The summed E-state index contributed by atoms with van der Waals surface area (Å²) in [5.41, 5.74) is 0.687. The van der Waals surface area contributed by atoms with Crippen LogP contribution in [-0.4, -0.2) is 61.6 Å². The number of aliphatic hydroxyl groups is 1. The summed E-state index contributed by atoms with van der Waals surface area (Å²) in [6, 6.07) is 0. The highest BCUT2D eigenvalue weighted by molar-refractivity contribution is 5.74. The quantitative estimate of drug-likeness (QED) is 0.888. The zero-order valence-corrected chi connectivity index (χ0v) is 15.3. The largest absolute Gasteiger partial charge is 0.391 e. The number of amides is 1. The standard InChI is InChI=1S/C18H30N4O2/c1-14(23)22-12-18(9-16(24)17(22,2)3)5-7-21(8-6-18)11-15-10-20(4)13-19-15/h10,13,16,24H,5-9,11-12H2,1-4H3. The van der Waals surface area contributed by atoms with Gasteiger partial charge in [0, 0.05) is 33.3 Å². The van der Waals surface area contributed by atoms with Gasteiger partial charge in [0.1, 0.15) is 0 Å². The van der Waals surface area contributed by atoms with E-state index in [1.165, 1.54) is 0 Å². The molecule has 1 N–H and O–H groups in total. The Labute approximate surface area is 144 Å². The Morgan fingerprint density at radius 3 is 2.58 bits per heavy atom. The van der Waals surface area contributed by atoms with Crippen LogP contribution in [0.5, 0.6) is 0 Å². The first-order valence-electron chi connectivity index (χ1n) is 8.87. The van der Waals surface area contributed by atoms with Crippen molar-refractivity contribution in [1.29, 1.82) is 0 Å². The van der Waals surface area contributed by atoms with Crippen molar-refractivity contribution in [3.63, 3.8) is 0 Å². The molecule has 3 rings (SSSR count). The minimum atomic E-state index is -0.470. The SMILES string of the molecule is CC(=O)N1CC2(CCN(Cc3cn(C)cn3)CC2)CC(O)C1(C)C. The average molecular weight is 334 g/mol. The summed E-state index contributed by atoms with van der Waals surface area (Å²) in [7, 11) is 1.99. The molecule has 0 aliphatic carbocycles. The van der Waals surface area contributed by atoms with E-state index in [1.54, 1.807) is 6.92 Å². The zero-order chi connectivity index (χ0) is 17.5. The third-order valence-electron chi connectivity index (χ3n) is 6.07. The third kappa shape index (κ3) is 3.22. The number of carbonyl (C=O) groups excluding carboxylic acids is 1. The van der Waals surface area contributed by atoms with E-state index in [-0.39, 0.29) is 11.3 Å². The topological polar surface area (TPSA) is 61.6 Å². The molecule has 0 radical (unpaired) electrons. The number of aryl methyl sites for hydroxylation is 1. The molecular weight excluding hydrogens is 304 g/mol. The second-order valence-electron chi connectivity index (χ2n) is 8.29. The number of rotatable bonds is 2. The number of aromatic nitrogens is 2. The van der Waals surface area contributed by atoms with Crippen LogP contribution in [0.3, 0.4) is 0 Å². The Morgan fingerprint density at radius 2 is 2.04 bits per heavy atom. The van der Waals surface area contributed by atoms with Crippen molar-refractivity contribution < 1.29 is 9.90 Å². The van der Waals surface area contributed by atoms with Gasteiger partial charge < -0.3 is 14.6 Å². The third-order valence-corrected chi connectivity index (χ3v) is 6.07. The van der Waals surface area contributed by atoms with E-state index in [0.717, 1.165) is 51.1 Å². The van der Waals surface area contributed by atoms with Crippen molar-refractivity contribution >= 4 is 5.91 Å². The van der Waals surface area contributed by atoms with Crippen molar-refractivity contribution in [2.24, 2.45) is 12.5 Å². The second-order valence-corrected chi connectivity index (χ2v) is 8.29. The summed E-state index contributed by atoms with van der Waals surface area (Å²) in [5.74, 6) is 0.0639. The van der Waals surface area contributed by atoms with E-state index < -0.39 is 11.6 Å². The van der Waals surface area contributed by atoms with Crippen molar-refractivity contribution in [2.75, 3.05) is 19.6 Å². The molecule has 1 atom stereocenters. The summed E-state index contributed by atoms with van der Waals surface area (Å²) < 4.78 is 1.98. The number of imidazole rings is 1. The van der Waals surface area contributed by atoms with Gasteiger partial charge in [0.15, 0.2) is 0 Å². The summed E-state index contributed by atoms with van der Waals surface area (Å²) in [6.07, 6.45) is 6.28. The first kappa shape index (κ1) is 17.4. The summed E-state index contributed by atoms with van der Waals surface area (Å²) >= 11 is 0. The molecule has 2 saturated heterocycles. The molecule has 134 valence electrons. The number of carbonyl (C=O) groups is 1. The van der Waals surface area contributed by atoms with Gasteiger partial charge in [0.2, 0.25) is 5.91 Å². The smallest absolute Gasteiger partial charge is 0.219 e. The summed E-state index contributed by atoms with van der Waals surface area (Å²) in [4.78, 5) is 20.8. The molecule has 1 spiro atoms. The van der Waals surface area contributed by atoms with Crippen LogP contribution in [0.2, 0.25) is 0 Å². The monoisotopic (exact) mass is 334 g/mol. The highest BCUT2D eigenvalue weighted by Crippen LogP contribution is 2.45. The molecular formula is C18H30N4O2. The highest BCUT2D eigenvalue weighted by atomic mass is 16.3. The molecule has 0 aromatic carbocycles. The van der Waals surface area contributed by atoms with Gasteiger partial charge >= 0.3 is 0 Å². The van der Waals surface area contributed by atoms with Crippen molar-refractivity contribution in [3.05, 3.63) is 18.2 Å². The van der Waals surface area contributed by atoms with Crippen molar-refractivity contribution in [2.45, 2.75) is 58.2 Å². The van der Waals surface area contributed by atoms with E-state index >= 15 is 0 Å². The number of hydrogen-bond donors (Lipinski definition) is 1. The van der Waals surface area contributed by atoms with Gasteiger partial charge in [-0.3, -0.25) is 9.69 Å². The molecule has 24 heavy (non-hydrogen) atoms. The number of piperidine rings is 2. The first-order valence-corrected chi connectivity index (χ1v) is 8.87. The Hall–Kier alpha value is -1.40. The molecule has 2 aliphatic heterocycles. The van der Waals surface area contributed by atoms with E-state index in [1.807, 2.05) is 36.7 Å². The molecule has 3 heterocycles. The fraction of sp³-hybridized carbons (Fsp3) is 0.778. The maximum Gasteiger partial charge on any atom is 0.219 e. The lowest BCUT2D eigenvalue weighted by molar-refractivity contribution is -0.157. The van der Waals surface area contributed by atoms with E-state index in [4.69, 9.17) is 0 Å². The van der Waals surface area contributed by atoms with Crippen LogP contribution in [0.15, 0.2) is 12.5 Å². The Morgan fingerprint density at radius 1 is 1.38 bits per heavy atom. The molecule has 1 unspecified atom stereocenters. The number of likely N-dealkylation sites (tertiary alicyclic amines) is 2. The molecule has 2 fully saturated rings. The minimum absolute atomic E-state index is 0.0568. The van der Waals surface area contributed by atoms with Gasteiger partial charge in [-0.15, -0.1) is 0 Å². The van der Waals surface area contributed by atoms with Crippen LogP contribution in [0, 0.1) is 5.41 Å². The number of nitrogens with zero attached hydrogens (tertiary/aromatic N) is 4. The van der Waals surface area contributed by atoms with Crippen LogP contribution >= 0.6 is 0 Å². The molecule has 1 aromatic rings. The molecule has 1 amide bonds. The van der Waals surface area contributed by atoms with Gasteiger partial charge in [0.05, 0.1) is 23.7 Å². The fourth-order valence-electron chi connectivity index (χ4n) is 4.29. The normalized spacial score (nSPS) is 26.7. The molecule has 2 aliphatic rings. The van der Waals surface area contributed by atoms with E-state index in [9.17, 15) is 9.90 Å². The minimum Gasteiger partial charge on any atom is -0.391 e. The summed E-state index contributed by atoms with van der Waals surface area (Å²) in [5, 5.41) is 10.7. The lowest BCUT2D eigenvalue weighted by Gasteiger charge is -2.55. The first-order chi connectivity index (χ1) is 11.2. The van der Waals surface area contributed by atoms with Gasteiger partial charge in [-0.25, -0.2) is 4.98 Å². The second kappa shape index (κ2) is 6.15. The van der Waals surface area contributed by atoms with Crippen LogP contribution in [0.4, 0.5) is 0 Å². The molecule has 0 bridgehead atoms. The van der Waals surface area contributed by atoms with E-state index in [2.05, 4.69) is 16.1 Å².